The van der Waals surface area contributed by atoms with Crippen molar-refractivity contribution in [2.45, 2.75) is 31.8 Å². The molecule has 4 heteroatoms. The highest BCUT2D eigenvalue weighted by atomic mass is 16.1. The summed E-state index contributed by atoms with van der Waals surface area (Å²) in [7, 11) is 2.09. The number of nitrogens with one attached hydrogen (secondary N) is 1. The van der Waals surface area contributed by atoms with Crippen LogP contribution in [0.1, 0.15) is 35.7 Å². The first-order valence-electron chi connectivity index (χ1n) is 8.48. The van der Waals surface area contributed by atoms with Gasteiger partial charge < -0.3 is 4.98 Å². The molecule has 3 aromatic rings. The summed E-state index contributed by atoms with van der Waals surface area (Å²) >= 11 is 0. The van der Waals surface area contributed by atoms with Crippen LogP contribution in [0.15, 0.2) is 53.3 Å². The Kier molecular flexibility index (Phi) is 3.90. The predicted octanol–water partition coefficient (Wildman–Crippen LogP) is 3.43. The van der Waals surface area contributed by atoms with Gasteiger partial charge in [0.15, 0.2) is 0 Å². The van der Waals surface area contributed by atoms with Crippen LogP contribution in [0.5, 0.6) is 0 Å². The summed E-state index contributed by atoms with van der Waals surface area (Å²) in [5, 5.41) is 0. The number of benzene rings is 2. The minimum atomic E-state index is -0.0929. The fourth-order valence-corrected chi connectivity index (χ4v) is 3.71. The number of nitrogens with zero attached hydrogens (tertiary/aromatic N) is 2. The minimum Gasteiger partial charge on any atom is -0.319 e. The van der Waals surface area contributed by atoms with Gasteiger partial charge in [-0.2, -0.15) is 0 Å². The molecule has 0 unspecified atom stereocenters. The number of aryl methyl sites for hydroxylation is 1. The van der Waals surface area contributed by atoms with Crippen LogP contribution < -0.4 is 5.56 Å². The summed E-state index contributed by atoms with van der Waals surface area (Å²) in [6, 6.07) is 16.7. The van der Waals surface area contributed by atoms with E-state index >= 15 is 0 Å². The van der Waals surface area contributed by atoms with Gasteiger partial charge in [0.05, 0.1) is 11.0 Å². The van der Waals surface area contributed by atoms with Gasteiger partial charge in [0.2, 0.25) is 0 Å². The van der Waals surface area contributed by atoms with Gasteiger partial charge in [0, 0.05) is 12.6 Å². The zero-order chi connectivity index (χ0) is 16.5. The molecule has 24 heavy (non-hydrogen) atoms. The summed E-state index contributed by atoms with van der Waals surface area (Å²) in [4.78, 5) is 22.1. The Morgan fingerprint density at radius 3 is 2.88 bits per heavy atom. The van der Waals surface area contributed by atoms with E-state index in [2.05, 4.69) is 46.2 Å². The maximum atomic E-state index is 12.4. The van der Waals surface area contributed by atoms with Crippen molar-refractivity contribution in [3.05, 3.63) is 75.7 Å². The number of hydrogen-bond donors (Lipinski definition) is 1. The van der Waals surface area contributed by atoms with E-state index in [-0.39, 0.29) is 5.56 Å². The highest BCUT2D eigenvalue weighted by Crippen LogP contribution is 2.33. The molecule has 1 aliphatic rings. The fraction of sp³-hybridized carbons (Fsp3) is 0.300. The molecule has 0 amide bonds. The highest BCUT2D eigenvalue weighted by molar-refractivity contribution is 5.73. The first-order valence-corrected chi connectivity index (χ1v) is 8.48. The van der Waals surface area contributed by atoms with E-state index in [0.717, 1.165) is 23.9 Å². The third-order valence-corrected chi connectivity index (χ3v) is 4.94. The van der Waals surface area contributed by atoms with Crippen LogP contribution in [-0.2, 0) is 13.0 Å². The second kappa shape index (κ2) is 6.21. The molecule has 0 saturated heterocycles. The third kappa shape index (κ3) is 2.74. The predicted molar refractivity (Wildman–Crippen MR) is 96.0 cm³/mol. The Morgan fingerprint density at radius 1 is 1.17 bits per heavy atom. The maximum Gasteiger partial charge on any atom is 0.271 e. The topological polar surface area (TPSA) is 49.0 Å². The van der Waals surface area contributed by atoms with Gasteiger partial charge in [0.1, 0.15) is 5.69 Å². The van der Waals surface area contributed by atoms with E-state index in [1.165, 1.54) is 17.5 Å². The Morgan fingerprint density at radius 2 is 1.96 bits per heavy atom. The quantitative estimate of drug-likeness (QED) is 0.804. The molecule has 4 nitrogen and oxygen atoms in total. The Hall–Kier alpha value is -2.46. The summed E-state index contributed by atoms with van der Waals surface area (Å²) in [5.41, 5.74) is 4.94. The maximum absolute atomic E-state index is 12.4. The number of H-pyrrole nitrogens is 1. The summed E-state index contributed by atoms with van der Waals surface area (Å²) in [5.74, 6) is 0. The zero-order valence-electron chi connectivity index (χ0n) is 13.8. The first kappa shape index (κ1) is 15.1. The number of para-hydroxylation sites is 2. The molecule has 4 rings (SSSR count). The van der Waals surface area contributed by atoms with Gasteiger partial charge in [-0.05, 0) is 49.6 Å². The standard InChI is InChI=1S/C20H21N3O/c1-23(19-12-6-8-14-7-2-3-9-15(14)19)13-18-20(24)22-17-11-5-4-10-16(17)21-18/h2-5,7,9-11,19H,6,8,12-13H2,1H3,(H,22,24)/t19-/m1/s1. The van der Waals surface area contributed by atoms with Crippen LogP contribution in [0.4, 0.5) is 0 Å². The summed E-state index contributed by atoms with van der Waals surface area (Å²) < 4.78 is 0. The van der Waals surface area contributed by atoms with Crippen molar-refractivity contribution in [1.82, 2.24) is 14.9 Å². The van der Waals surface area contributed by atoms with Crippen LogP contribution >= 0.6 is 0 Å². The zero-order valence-corrected chi connectivity index (χ0v) is 13.8. The normalized spacial score (nSPS) is 17.2. The van der Waals surface area contributed by atoms with Gasteiger partial charge in [-0.3, -0.25) is 9.69 Å². The summed E-state index contributed by atoms with van der Waals surface area (Å²) in [6.07, 6.45) is 3.46. The molecule has 0 radical (unpaired) electrons. The smallest absolute Gasteiger partial charge is 0.271 e. The number of aromatic nitrogens is 2. The Bertz CT molecular complexity index is 931. The second-order valence-electron chi connectivity index (χ2n) is 6.55. The number of hydrogen-bond acceptors (Lipinski definition) is 3. The lowest BCUT2D eigenvalue weighted by atomic mass is 9.87. The molecule has 0 fully saturated rings. The lowest BCUT2D eigenvalue weighted by Gasteiger charge is -2.33. The second-order valence-corrected chi connectivity index (χ2v) is 6.55. The monoisotopic (exact) mass is 319 g/mol. The molecule has 1 aromatic heterocycles. The van der Waals surface area contributed by atoms with Crippen LogP contribution in [0.2, 0.25) is 0 Å². The first-order chi connectivity index (χ1) is 11.7. The molecule has 1 N–H and O–H groups in total. The van der Waals surface area contributed by atoms with Crippen molar-refractivity contribution >= 4 is 11.0 Å². The largest absolute Gasteiger partial charge is 0.319 e. The molecule has 0 bridgehead atoms. The molecule has 2 aromatic carbocycles. The Balaban J connectivity index is 1.64. The van der Waals surface area contributed by atoms with Gasteiger partial charge in [-0.15, -0.1) is 0 Å². The van der Waals surface area contributed by atoms with Gasteiger partial charge >= 0.3 is 0 Å². The molecule has 0 spiro atoms. The molecule has 1 atom stereocenters. The lowest BCUT2D eigenvalue weighted by Crippen LogP contribution is -2.30. The highest BCUT2D eigenvalue weighted by Gasteiger charge is 2.24. The molecule has 1 aliphatic carbocycles. The SMILES string of the molecule is CN(Cc1nc2ccccc2[nH]c1=O)[C@@H]1CCCc2ccccc21. The fourth-order valence-electron chi connectivity index (χ4n) is 3.71. The van der Waals surface area contributed by atoms with E-state index < -0.39 is 0 Å². The third-order valence-electron chi connectivity index (χ3n) is 4.94. The van der Waals surface area contributed by atoms with E-state index in [4.69, 9.17) is 0 Å². The van der Waals surface area contributed by atoms with E-state index in [1.54, 1.807) is 0 Å². The van der Waals surface area contributed by atoms with Crippen molar-refractivity contribution < 1.29 is 0 Å². The minimum absolute atomic E-state index is 0.0929. The van der Waals surface area contributed by atoms with Crippen LogP contribution in [-0.4, -0.2) is 21.9 Å². The Labute approximate surface area is 141 Å². The van der Waals surface area contributed by atoms with Crippen molar-refractivity contribution in [3.8, 4) is 0 Å². The van der Waals surface area contributed by atoms with E-state index in [9.17, 15) is 4.79 Å². The van der Waals surface area contributed by atoms with Crippen molar-refractivity contribution in [2.75, 3.05) is 7.05 Å². The van der Waals surface area contributed by atoms with Crippen molar-refractivity contribution in [2.24, 2.45) is 0 Å². The van der Waals surface area contributed by atoms with Gasteiger partial charge in [0.25, 0.3) is 5.56 Å². The molecular weight excluding hydrogens is 298 g/mol. The molecular formula is C20H21N3O. The summed E-state index contributed by atoms with van der Waals surface area (Å²) in [6.45, 7) is 0.555. The average molecular weight is 319 g/mol. The van der Waals surface area contributed by atoms with Crippen LogP contribution in [0, 0.1) is 0 Å². The number of aromatic amines is 1. The lowest BCUT2D eigenvalue weighted by molar-refractivity contribution is 0.210. The van der Waals surface area contributed by atoms with Crippen molar-refractivity contribution in [3.63, 3.8) is 0 Å². The number of rotatable bonds is 3. The van der Waals surface area contributed by atoms with Crippen molar-refractivity contribution in [1.29, 1.82) is 0 Å². The molecule has 1 heterocycles. The van der Waals surface area contributed by atoms with Crippen LogP contribution in [0.25, 0.3) is 11.0 Å². The number of fused-ring (bicyclic) bond motifs is 2. The average Bonchev–Trinajstić information content (AvgIpc) is 2.62. The van der Waals surface area contributed by atoms with E-state index in [0.29, 0.717) is 18.3 Å². The van der Waals surface area contributed by atoms with Crippen LogP contribution in [0.3, 0.4) is 0 Å². The molecule has 0 aliphatic heterocycles. The van der Waals surface area contributed by atoms with Gasteiger partial charge in [-0.25, -0.2) is 4.98 Å². The van der Waals surface area contributed by atoms with Gasteiger partial charge in [-0.1, -0.05) is 36.4 Å². The molecule has 122 valence electrons. The molecule has 0 saturated carbocycles. The van der Waals surface area contributed by atoms with E-state index in [1.807, 2.05) is 24.3 Å².